The van der Waals surface area contributed by atoms with Crippen molar-refractivity contribution in [3.05, 3.63) is 28.8 Å². The third kappa shape index (κ3) is 3.87. The fourth-order valence-electron chi connectivity index (χ4n) is 1.87. The summed E-state index contributed by atoms with van der Waals surface area (Å²) in [6.07, 6.45) is 0.822. The SMILES string of the molecule is CCC(C)N(CC)C(=O)Nc1cc(Cl)ccc1C(=O)O. The molecule has 0 aliphatic rings. The Morgan fingerprint density at radius 3 is 2.55 bits per heavy atom. The van der Waals surface area contributed by atoms with E-state index in [0.29, 0.717) is 11.6 Å². The van der Waals surface area contributed by atoms with Crippen molar-refractivity contribution in [2.24, 2.45) is 0 Å². The molecule has 0 saturated carbocycles. The Kier molecular flexibility index (Phi) is 5.82. The molecule has 0 heterocycles. The molecule has 110 valence electrons. The van der Waals surface area contributed by atoms with Crippen LogP contribution < -0.4 is 5.32 Å². The highest BCUT2D eigenvalue weighted by Gasteiger charge is 2.19. The highest BCUT2D eigenvalue weighted by Crippen LogP contribution is 2.22. The molecule has 2 amide bonds. The summed E-state index contributed by atoms with van der Waals surface area (Å²) in [5.41, 5.74) is 0.222. The molecule has 2 N–H and O–H groups in total. The first-order valence-electron chi connectivity index (χ1n) is 6.51. The minimum Gasteiger partial charge on any atom is -0.478 e. The number of hydrogen-bond donors (Lipinski definition) is 2. The molecule has 0 aliphatic heterocycles. The van der Waals surface area contributed by atoms with Gasteiger partial charge in [0.15, 0.2) is 0 Å². The second-order valence-electron chi connectivity index (χ2n) is 4.47. The first kappa shape index (κ1) is 16.3. The molecule has 5 nitrogen and oxygen atoms in total. The lowest BCUT2D eigenvalue weighted by molar-refractivity contribution is 0.0698. The zero-order valence-electron chi connectivity index (χ0n) is 11.8. The third-order valence-corrected chi connectivity index (χ3v) is 3.41. The maximum Gasteiger partial charge on any atom is 0.337 e. The van der Waals surface area contributed by atoms with Crippen molar-refractivity contribution in [3.63, 3.8) is 0 Å². The van der Waals surface area contributed by atoms with Gasteiger partial charge in [-0.15, -0.1) is 0 Å². The maximum absolute atomic E-state index is 12.2. The summed E-state index contributed by atoms with van der Waals surface area (Å²) in [6, 6.07) is 4.04. The number of carboxylic acids is 1. The average molecular weight is 299 g/mol. The summed E-state index contributed by atoms with van der Waals surface area (Å²) in [4.78, 5) is 25.0. The smallest absolute Gasteiger partial charge is 0.337 e. The van der Waals surface area contributed by atoms with E-state index in [4.69, 9.17) is 16.7 Å². The number of amides is 2. The predicted molar refractivity (Wildman–Crippen MR) is 79.6 cm³/mol. The number of halogens is 1. The number of rotatable bonds is 5. The fourth-order valence-corrected chi connectivity index (χ4v) is 2.04. The average Bonchev–Trinajstić information content (AvgIpc) is 2.38. The number of urea groups is 1. The molecule has 20 heavy (non-hydrogen) atoms. The summed E-state index contributed by atoms with van der Waals surface area (Å²) in [5, 5.41) is 12.1. The van der Waals surface area contributed by atoms with Crippen LogP contribution in [0, 0.1) is 0 Å². The normalized spacial score (nSPS) is 11.8. The Bertz CT molecular complexity index is 505. The van der Waals surface area contributed by atoms with E-state index in [1.54, 1.807) is 4.90 Å². The molecule has 6 heteroatoms. The quantitative estimate of drug-likeness (QED) is 0.871. The topological polar surface area (TPSA) is 69.6 Å². The van der Waals surface area contributed by atoms with Crippen LogP contribution in [0.5, 0.6) is 0 Å². The zero-order valence-corrected chi connectivity index (χ0v) is 12.6. The van der Waals surface area contributed by atoms with Crippen molar-refractivity contribution in [1.82, 2.24) is 4.90 Å². The fraction of sp³-hybridized carbons (Fsp3) is 0.429. The number of benzene rings is 1. The molecule has 1 aromatic carbocycles. The molecule has 0 aromatic heterocycles. The lowest BCUT2D eigenvalue weighted by Crippen LogP contribution is -2.41. The number of anilines is 1. The third-order valence-electron chi connectivity index (χ3n) is 3.18. The number of carboxylic acid groups (broad SMARTS) is 1. The minimum atomic E-state index is -1.11. The summed E-state index contributed by atoms with van der Waals surface area (Å²) >= 11 is 5.85. The van der Waals surface area contributed by atoms with Gasteiger partial charge in [-0.25, -0.2) is 9.59 Å². The summed E-state index contributed by atoms with van der Waals surface area (Å²) in [6.45, 7) is 6.35. The Morgan fingerprint density at radius 1 is 1.40 bits per heavy atom. The monoisotopic (exact) mass is 298 g/mol. The largest absolute Gasteiger partial charge is 0.478 e. The lowest BCUT2D eigenvalue weighted by Gasteiger charge is -2.27. The standard InChI is InChI=1S/C14H19ClN2O3/c1-4-9(3)17(5-2)14(20)16-12-8-10(15)6-7-11(12)13(18)19/h6-9H,4-5H2,1-3H3,(H,16,20)(H,18,19). The Labute approximate surface area is 123 Å². The van der Waals surface area contributed by atoms with Gasteiger partial charge >= 0.3 is 12.0 Å². The van der Waals surface area contributed by atoms with Gasteiger partial charge in [0.25, 0.3) is 0 Å². The molecule has 0 spiro atoms. The van der Waals surface area contributed by atoms with Gasteiger partial charge in [0.1, 0.15) is 0 Å². The number of nitrogens with one attached hydrogen (secondary N) is 1. The Balaban J connectivity index is 3.00. The van der Waals surface area contributed by atoms with Crippen molar-refractivity contribution in [1.29, 1.82) is 0 Å². The Hall–Kier alpha value is -1.75. The minimum absolute atomic E-state index is 0.0166. The number of nitrogens with zero attached hydrogens (tertiary/aromatic N) is 1. The van der Waals surface area contributed by atoms with Gasteiger partial charge in [-0.2, -0.15) is 0 Å². The van der Waals surface area contributed by atoms with Crippen LogP contribution in [-0.2, 0) is 0 Å². The van der Waals surface area contributed by atoms with Crippen LogP contribution in [-0.4, -0.2) is 34.6 Å². The van der Waals surface area contributed by atoms with E-state index in [1.165, 1.54) is 18.2 Å². The number of carbonyl (C=O) groups excluding carboxylic acids is 1. The first-order chi connectivity index (χ1) is 9.40. The molecular weight excluding hydrogens is 280 g/mol. The van der Waals surface area contributed by atoms with E-state index in [1.807, 2.05) is 20.8 Å². The molecule has 1 rings (SSSR count). The second kappa shape index (κ2) is 7.14. The summed E-state index contributed by atoms with van der Waals surface area (Å²) < 4.78 is 0. The highest BCUT2D eigenvalue weighted by atomic mass is 35.5. The number of carbonyl (C=O) groups is 2. The first-order valence-corrected chi connectivity index (χ1v) is 6.88. The Morgan fingerprint density at radius 2 is 2.05 bits per heavy atom. The van der Waals surface area contributed by atoms with Crippen LogP contribution in [0.1, 0.15) is 37.6 Å². The molecule has 0 saturated heterocycles. The van der Waals surface area contributed by atoms with E-state index < -0.39 is 5.97 Å². The van der Waals surface area contributed by atoms with Crippen LogP contribution in [0.2, 0.25) is 5.02 Å². The lowest BCUT2D eigenvalue weighted by atomic mass is 10.2. The van der Waals surface area contributed by atoms with E-state index in [-0.39, 0.29) is 23.3 Å². The number of hydrogen-bond acceptors (Lipinski definition) is 2. The molecular formula is C14H19ClN2O3. The predicted octanol–water partition coefficient (Wildman–Crippen LogP) is 3.69. The van der Waals surface area contributed by atoms with Crippen LogP contribution in [0.3, 0.4) is 0 Å². The van der Waals surface area contributed by atoms with Crippen LogP contribution >= 0.6 is 11.6 Å². The van der Waals surface area contributed by atoms with Gasteiger partial charge < -0.3 is 15.3 Å². The van der Waals surface area contributed by atoms with Crippen molar-refractivity contribution in [2.75, 3.05) is 11.9 Å². The number of aromatic carboxylic acids is 1. The second-order valence-corrected chi connectivity index (χ2v) is 4.90. The molecule has 0 bridgehead atoms. The van der Waals surface area contributed by atoms with E-state index >= 15 is 0 Å². The molecule has 0 fully saturated rings. The maximum atomic E-state index is 12.2. The van der Waals surface area contributed by atoms with Crippen LogP contribution in [0.25, 0.3) is 0 Å². The summed E-state index contributed by atoms with van der Waals surface area (Å²) in [7, 11) is 0. The highest BCUT2D eigenvalue weighted by molar-refractivity contribution is 6.31. The zero-order chi connectivity index (χ0) is 15.3. The molecule has 0 aliphatic carbocycles. The van der Waals surface area contributed by atoms with Crippen molar-refractivity contribution in [3.8, 4) is 0 Å². The molecule has 1 atom stereocenters. The van der Waals surface area contributed by atoms with Crippen molar-refractivity contribution >= 4 is 29.3 Å². The molecule has 1 unspecified atom stereocenters. The van der Waals surface area contributed by atoms with Gasteiger partial charge in [-0.05, 0) is 38.5 Å². The van der Waals surface area contributed by atoms with Crippen molar-refractivity contribution < 1.29 is 14.7 Å². The molecule has 1 aromatic rings. The van der Waals surface area contributed by atoms with Gasteiger partial charge in [0, 0.05) is 17.6 Å². The van der Waals surface area contributed by atoms with E-state index in [9.17, 15) is 9.59 Å². The van der Waals surface area contributed by atoms with Gasteiger partial charge in [0.2, 0.25) is 0 Å². The van der Waals surface area contributed by atoms with Gasteiger partial charge in [-0.1, -0.05) is 18.5 Å². The van der Waals surface area contributed by atoms with E-state index in [2.05, 4.69) is 5.32 Å². The molecule has 0 radical (unpaired) electrons. The summed E-state index contributed by atoms with van der Waals surface area (Å²) in [5.74, 6) is -1.11. The van der Waals surface area contributed by atoms with Crippen LogP contribution in [0.15, 0.2) is 18.2 Å². The van der Waals surface area contributed by atoms with Gasteiger partial charge in [0.05, 0.1) is 11.3 Å². The van der Waals surface area contributed by atoms with E-state index in [0.717, 1.165) is 6.42 Å². The van der Waals surface area contributed by atoms with Gasteiger partial charge in [-0.3, -0.25) is 0 Å². The van der Waals surface area contributed by atoms with Crippen molar-refractivity contribution in [2.45, 2.75) is 33.2 Å². The van der Waals surface area contributed by atoms with Crippen LogP contribution in [0.4, 0.5) is 10.5 Å².